The first-order valence-corrected chi connectivity index (χ1v) is 14.9. The maximum atomic E-state index is 13.4. The van der Waals surface area contributed by atoms with E-state index in [0.29, 0.717) is 66.1 Å². The van der Waals surface area contributed by atoms with E-state index in [-0.39, 0.29) is 29.9 Å². The molecule has 2 aliphatic heterocycles. The molecule has 2 fully saturated rings. The lowest BCUT2D eigenvalue weighted by Crippen LogP contribution is -2.25. The smallest absolute Gasteiger partial charge is 0.280 e. The molecule has 1 aromatic carbocycles. The van der Waals surface area contributed by atoms with E-state index in [0.717, 1.165) is 0 Å². The van der Waals surface area contributed by atoms with Crippen LogP contribution in [0.2, 0.25) is 0 Å². The Morgan fingerprint density at radius 3 is 2.62 bits per heavy atom. The van der Waals surface area contributed by atoms with Gasteiger partial charge in [0.05, 0.1) is 36.6 Å². The molecule has 2 aliphatic rings. The second-order valence-electron chi connectivity index (χ2n) is 9.20. The number of aliphatic hydroxyl groups is 1. The molecule has 14 heteroatoms. The minimum atomic E-state index is -3.55. The van der Waals surface area contributed by atoms with Crippen LogP contribution in [0.25, 0.3) is 10.3 Å². The molecule has 2 saturated heterocycles. The third-order valence-electron chi connectivity index (χ3n) is 6.47. The number of carbonyl (C=O) groups is 1. The number of aliphatic hydroxyl groups excluding tert-OH is 1. The second-order valence-corrected chi connectivity index (χ2v) is 12.4. The number of carbonyl (C=O) groups excluding carboxylic acids is 1. The van der Waals surface area contributed by atoms with Crippen LogP contribution in [0.4, 0.5) is 10.9 Å². The molecular weight excluding hydrogens is 546 g/mol. The maximum absolute atomic E-state index is 13.4. The minimum Gasteiger partial charge on any atom is -0.395 e. The number of rotatable bonds is 10. The van der Waals surface area contributed by atoms with Crippen LogP contribution < -0.4 is 10.2 Å². The topological polar surface area (TPSA) is 153 Å². The van der Waals surface area contributed by atoms with Gasteiger partial charge in [-0.1, -0.05) is 28.6 Å². The van der Waals surface area contributed by atoms with E-state index in [2.05, 4.69) is 20.4 Å². The van der Waals surface area contributed by atoms with E-state index >= 15 is 0 Å². The number of ether oxygens (including phenoxy) is 2. The van der Waals surface area contributed by atoms with Gasteiger partial charge in [0.1, 0.15) is 16.2 Å². The number of pyridine rings is 1. The van der Waals surface area contributed by atoms with Gasteiger partial charge in [-0.2, -0.15) is 0 Å². The van der Waals surface area contributed by atoms with E-state index in [9.17, 15) is 18.3 Å². The summed E-state index contributed by atoms with van der Waals surface area (Å²) >= 11 is 1.20. The van der Waals surface area contributed by atoms with Crippen LogP contribution in [0.3, 0.4) is 0 Å². The van der Waals surface area contributed by atoms with Crippen molar-refractivity contribution in [3.05, 3.63) is 42.0 Å². The van der Waals surface area contributed by atoms with E-state index in [4.69, 9.17) is 14.3 Å². The van der Waals surface area contributed by atoms with Crippen molar-refractivity contribution in [2.45, 2.75) is 29.1 Å². The summed E-state index contributed by atoms with van der Waals surface area (Å²) in [6.45, 7) is 1.94. The quantitative estimate of drug-likeness (QED) is 0.270. The Morgan fingerprint density at radius 2 is 1.92 bits per heavy atom. The van der Waals surface area contributed by atoms with Crippen molar-refractivity contribution in [3.63, 3.8) is 0 Å². The Labute approximate surface area is 229 Å². The number of anilines is 2. The number of nitrogens with zero attached hydrogens (tertiary/aromatic N) is 4. The van der Waals surface area contributed by atoms with Crippen LogP contribution in [0.15, 0.2) is 46.4 Å². The monoisotopic (exact) mass is 575 g/mol. The van der Waals surface area contributed by atoms with Crippen molar-refractivity contribution >= 4 is 54.1 Å². The average molecular weight is 576 g/mol. The molecule has 3 aromatic rings. The highest BCUT2D eigenvalue weighted by atomic mass is 32.2. The van der Waals surface area contributed by atoms with Crippen molar-refractivity contribution in [3.8, 4) is 0 Å². The number of sulfone groups is 1. The molecule has 5 rings (SSSR count). The lowest BCUT2D eigenvalue weighted by Gasteiger charge is -2.15. The summed E-state index contributed by atoms with van der Waals surface area (Å²) in [7, 11) is -1.73. The highest BCUT2D eigenvalue weighted by molar-refractivity contribution is 7.92. The Kier molecular flexibility index (Phi) is 8.37. The van der Waals surface area contributed by atoms with E-state index in [1.165, 1.54) is 23.5 Å². The minimum absolute atomic E-state index is 0.000708. The van der Waals surface area contributed by atoms with Gasteiger partial charge in [-0.15, -0.1) is 0 Å². The van der Waals surface area contributed by atoms with Crippen LogP contribution in [0.1, 0.15) is 18.4 Å². The van der Waals surface area contributed by atoms with Crippen molar-refractivity contribution in [1.82, 2.24) is 9.97 Å². The maximum Gasteiger partial charge on any atom is 0.280 e. The van der Waals surface area contributed by atoms with Gasteiger partial charge in [0.25, 0.3) is 5.91 Å². The van der Waals surface area contributed by atoms with Gasteiger partial charge < -0.3 is 24.3 Å². The third-order valence-corrected chi connectivity index (χ3v) is 9.53. The van der Waals surface area contributed by atoms with Gasteiger partial charge in [-0.05, 0) is 30.7 Å². The molecule has 0 unspecified atom stereocenters. The zero-order chi connectivity index (χ0) is 27.4. The molecule has 2 aromatic heterocycles. The van der Waals surface area contributed by atoms with Crippen molar-refractivity contribution in [2.24, 2.45) is 5.16 Å². The number of hydrogen-bond acceptors (Lipinski definition) is 12. The number of nitrogens with one attached hydrogen (secondary N) is 1. The summed E-state index contributed by atoms with van der Waals surface area (Å²) in [4.78, 5) is 30.6. The second kappa shape index (κ2) is 11.9. The molecule has 4 heterocycles. The summed E-state index contributed by atoms with van der Waals surface area (Å²) < 4.78 is 36.4. The normalized spacial score (nSPS) is 19.9. The number of aromatic nitrogens is 2. The van der Waals surface area contributed by atoms with Crippen LogP contribution in [0, 0.1) is 0 Å². The third kappa shape index (κ3) is 6.20. The molecule has 2 N–H and O–H groups in total. The molecule has 208 valence electrons. The van der Waals surface area contributed by atoms with Gasteiger partial charge in [0.2, 0.25) is 0 Å². The summed E-state index contributed by atoms with van der Waals surface area (Å²) in [6, 6.07) is 9.61. The fourth-order valence-electron chi connectivity index (χ4n) is 4.20. The largest absolute Gasteiger partial charge is 0.395 e. The van der Waals surface area contributed by atoms with Crippen LogP contribution >= 0.6 is 11.3 Å². The molecule has 39 heavy (non-hydrogen) atoms. The standard InChI is InChI=1S/C25H29N5O7S2/c1-30(10-11-31)21-7-6-20-24(27-21)38-25(26-20)28-23(32)22(29-37-17-8-12-35-14-17)16-2-4-18(5-3-16)39(33,34)19-9-13-36-15-19/h2-7,17,19,31H,8-15H2,1H3,(H,26,28,32)/b29-22+/t17-,19+/m1/s1. The number of thiazole rings is 1. The van der Waals surface area contributed by atoms with Gasteiger partial charge in [-0.25, -0.2) is 18.4 Å². The number of hydrogen-bond donors (Lipinski definition) is 2. The molecule has 0 aliphatic carbocycles. The highest BCUT2D eigenvalue weighted by Gasteiger charge is 2.31. The first-order valence-electron chi connectivity index (χ1n) is 12.5. The van der Waals surface area contributed by atoms with Crippen LogP contribution in [-0.4, -0.2) is 93.1 Å². The number of benzene rings is 1. The molecule has 1 amide bonds. The number of amides is 1. The Bertz CT molecular complexity index is 1450. The predicted molar refractivity (Wildman–Crippen MR) is 146 cm³/mol. The van der Waals surface area contributed by atoms with Crippen LogP contribution in [0.5, 0.6) is 0 Å². The molecular formula is C25H29N5O7S2. The number of likely N-dealkylation sites (N-methyl/N-ethyl adjacent to an activating group) is 1. The first kappa shape index (κ1) is 27.4. The summed E-state index contributed by atoms with van der Waals surface area (Å²) in [6.07, 6.45) is 0.818. The molecule has 2 atom stereocenters. The Hall–Kier alpha value is -3.17. The summed E-state index contributed by atoms with van der Waals surface area (Å²) in [5, 5.41) is 15.8. The van der Waals surface area contributed by atoms with E-state index in [1.54, 1.807) is 24.3 Å². The van der Waals surface area contributed by atoms with Crippen molar-refractivity contribution < 1.29 is 32.6 Å². The predicted octanol–water partition coefficient (Wildman–Crippen LogP) is 1.83. The van der Waals surface area contributed by atoms with E-state index in [1.807, 2.05) is 11.9 Å². The summed E-state index contributed by atoms with van der Waals surface area (Å²) in [5.74, 6) is 0.108. The Morgan fingerprint density at radius 1 is 1.15 bits per heavy atom. The van der Waals surface area contributed by atoms with Crippen LogP contribution in [-0.2, 0) is 28.9 Å². The molecule has 0 radical (unpaired) electrons. The number of fused-ring (bicyclic) bond motifs is 1. The molecule has 0 spiro atoms. The zero-order valence-corrected chi connectivity index (χ0v) is 22.9. The van der Waals surface area contributed by atoms with Crippen molar-refractivity contribution in [1.29, 1.82) is 0 Å². The average Bonchev–Trinajstić information content (AvgIpc) is 3.71. The van der Waals surface area contributed by atoms with Gasteiger partial charge in [0.15, 0.2) is 26.8 Å². The lowest BCUT2D eigenvalue weighted by atomic mass is 10.1. The van der Waals surface area contributed by atoms with Gasteiger partial charge >= 0.3 is 0 Å². The highest BCUT2D eigenvalue weighted by Crippen LogP contribution is 2.27. The fraction of sp³-hybridized carbons (Fsp3) is 0.440. The zero-order valence-electron chi connectivity index (χ0n) is 21.3. The van der Waals surface area contributed by atoms with E-state index < -0.39 is 21.0 Å². The lowest BCUT2D eigenvalue weighted by molar-refractivity contribution is -0.110. The molecule has 0 bridgehead atoms. The fourth-order valence-corrected chi connectivity index (χ4v) is 6.61. The SMILES string of the molecule is CN(CCO)c1ccc2nc(NC(=O)/C(=N/O[C@@H]3CCOC3)c3ccc(S(=O)(=O)[C@H]4CCOC4)cc3)sc2n1. The molecule has 0 saturated carbocycles. The number of oxime groups is 1. The van der Waals surface area contributed by atoms with Crippen molar-refractivity contribution in [2.75, 3.05) is 56.8 Å². The first-order chi connectivity index (χ1) is 18.8. The van der Waals surface area contributed by atoms with Gasteiger partial charge in [0, 0.05) is 32.2 Å². The van der Waals surface area contributed by atoms with Gasteiger partial charge in [-0.3, -0.25) is 10.1 Å². The molecule has 12 nitrogen and oxygen atoms in total. The summed E-state index contributed by atoms with van der Waals surface area (Å²) in [5.41, 5.74) is 0.977. The Balaban J connectivity index is 1.38.